The third-order valence-corrected chi connectivity index (χ3v) is 5.51. The molecular weight excluding hydrogens is 399 g/mol. The number of nitrogens with zero attached hydrogens (tertiary/aromatic N) is 1. The number of nitrogens with one attached hydrogen (secondary N) is 3. The van der Waals surface area contributed by atoms with Crippen molar-refractivity contribution in [1.29, 1.82) is 5.41 Å². The molecule has 3 rings (SSSR count). The molecule has 29 heavy (non-hydrogen) atoms. The van der Waals surface area contributed by atoms with E-state index in [1.807, 2.05) is 66.7 Å². The number of rotatable bonds is 7. The van der Waals surface area contributed by atoms with Crippen molar-refractivity contribution < 1.29 is 4.79 Å². The van der Waals surface area contributed by atoms with Crippen LogP contribution < -0.4 is 10.4 Å². The van der Waals surface area contributed by atoms with E-state index in [9.17, 15) is 4.79 Å². The highest BCUT2D eigenvalue weighted by atomic mass is 32.2. The maximum absolute atomic E-state index is 12.1. The molecule has 3 aromatic rings. The van der Waals surface area contributed by atoms with Gasteiger partial charge in [0.1, 0.15) is 0 Å². The molecule has 0 aliphatic rings. The SMILES string of the molecule is CNC(=O)c1ccccc1Sc1ccc(C(=N)/C=C/c2ccccn2)c(NP)c1. The van der Waals surface area contributed by atoms with Crippen LogP contribution in [-0.4, -0.2) is 23.7 Å². The summed E-state index contributed by atoms with van der Waals surface area (Å²) in [6, 6.07) is 19.0. The highest BCUT2D eigenvalue weighted by Gasteiger charge is 2.12. The fourth-order valence-electron chi connectivity index (χ4n) is 2.68. The van der Waals surface area contributed by atoms with Gasteiger partial charge >= 0.3 is 0 Å². The van der Waals surface area contributed by atoms with Gasteiger partial charge in [0.2, 0.25) is 0 Å². The van der Waals surface area contributed by atoms with Gasteiger partial charge in [-0.3, -0.25) is 9.78 Å². The first kappa shape index (κ1) is 20.8. The number of amides is 1. The number of carbonyl (C=O) groups is 1. The molecule has 7 heteroatoms. The van der Waals surface area contributed by atoms with E-state index in [0.29, 0.717) is 11.3 Å². The van der Waals surface area contributed by atoms with Crippen molar-refractivity contribution in [3.05, 3.63) is 89.8 Å². The monoisotopic (exact) mass is 420 g/mol. The Balaban J connectivity index is 1.83. The summed E-state index contributed by atoms with van der Waals surface area (Å²) in [5.41, 5.74) is 3.40. The summed E-state index contributed by atoms with van der Waals surface area (Å²) >= 11 is 1.51. The van der Waals surface area contributed by atoms with Crippen LogP contribution >= 0.6 is 21.2 Å². The quantitative estimate of drug-likeness (QED) is 0.376. The van der Waals surface area contributed by atoms with Crippen molar-refractivity contribution in [2.24, 2.45) is 0 Å². The summed E-state index contributed by atoms with van der Waals surface area (Å²) in [4.78, 5) is 18.2. The first-order valence-electron chi connectivity index (χ1n) is 8.90. The molecule has 1 aromatic heterocycles. The first-order valence-corrected chi connectivity index (χ1v) is 10.3. The summed E-state index contributed by atoms with van der Waals surface area (Å²) in [5, 5.41) is 14.2. The average Bonchev–Trinajstić information content (AvgIpc) is 2.78. The van der Waals surface area contributed by atoms with Crippen molar-refractivity contribution in [2.75, 3.05) is 12.1 Å². The second-order valence-corrected chi connectivity index (χ2v) is 7.43. The van der Waals surface area contributed by atoms with E-state index in [-0.39, 0.29) is 5.91 Å². The minimum absolute atomic E-state index is 0.115. The van der Waals surface area contributed by atoms with Gasteiger partial charge in [0.15, 0.2) is 0 Å². The second-order valence-electron chi connectivity index (χ2n) is 6.03. The van der Waals surface area contributed by atoms with Crippen molar-refractivity contribution >= 4 is 44.5 Å². The number of allylic oxidation sites excluding steroid dienone is 1. The molecule has 0 aliphatic heterocycles. The largest absolute Gasteiger partial charge is 0.369 e. The molecular formula is C22H21N4OPS. The van der Waals surface area contributed by atoms with Gasteiger partial charge in [0.05, 0.1) is 17.0 Å². The fraction of sp³-hybridized carbons (Fsp3) is 0.0455. The minimum atomic E-state index is -0.115. The lowest BCUT2D eigenvalue weighted by molar-refractivity contribution is 0.0960. The first-order chi connectivity index (χ1) is 14.1. The van der Waals surface area contributed by atoms with Gasteiger partial charge in [0.25, 0.3) is 5.91 Å². The van der Waals surface area contributed by atoms with Gasteiger partial charge in [-0.05, 0) is 64.0 Å². The van der Waals surface area contributed by atoms with Gasteiger partial charge in [-0.2, -0.15) is 0 Å². The normalized spacial score (nSPS) is 10.7. The molecule has 0 radical (unpaired) electrons. The maximum Gasteiger partial charge on any atom is 0.252 e. The molecule has 1 amide bonds. The Bertz CT molecular complexity index is 1050. The molecule has 0 bridgehead atoms. The Morgan fingerprint density at radius 3 is 2.62 bits per heavy atom. The Kier molecular flexibility index (Phi) is 7.17. The van der Waals surface area contributed by atoms with Crippen LogP contribution in [-0.2, 0) is 0 Å². The van der Waals surface area contributed by atoms with Crippen molar-refractivity contribution in [2.45, 2.75) is 9.79 Å². The smallest absolute Gasteiger partial charge is 0.252 e. The zero-order chi connectivity index (χ0) is 20.6. The summed E-state index contributed by atoms with van der Waals surface area (Å²) < 4.78 is 0. The molecule has 1 atom stereocenters. The predicted molar refractivity (Wildman–Crippen MR) is 124 cm³/mol. The summed E-state index contributed by atoms with van der Waals surface area (Å²) in [7, 11) is 4.10. The number of pyridine rings is 1. The molecule has 146 valence electrons. The highest BCUT2D eigenvalue weighted by Crippen LogP contribution is 2.33. The molecule has 5 nitrogen and oxygen atoms in total. The van der Waals surface area contributed by atoms with Gasteiger partial charge in [-0.1, -0.05) is 30.0 Å². The second kappa shape index (κ2) is 10.0. The average molecular weight is 420 g/mol. The Morgan fingerprint density at radius 2 is 1.90 bits per heavy atom. The molecule has 0 saturated heterocycles. The van der Waals surface area contributed by atoms with Crippen molar-refractivity contribution in [3.8, 4) is 0 Å². The van der Waals surface area contributed by atoms with E-state index < -0.39 is 0 Å². The minimum Gasteiger partial charge on any atom is -0.369 e. The van der Waals surface area contributed by atoms with E-state index in [1.54, 1.807) is 19.3 Å². The van der Waals surface area contributed by atoms with Crippen LogP contribution in [0.5, 0.6) is 0 Å². The van der Waals surface area contributed by atoms with Crippen LogP contribution in [0.1, 0.15) is 21.6 Å². The molecule has 0 aliphatic carbocycles. The van der Waals surface area contributed by atoms with Crippen molar-refractivity contribution in [3.63, 3.8) is 0 Å². The fourth-order valence-corrected chi connectivity index (χ4v) is 3.90. The Morgan fingerprint density at radius 1 is 1.10 bits per heavy atom. The van der Waals surface area contributed by atoms with Crippen LogP contribution in [0, 0.1) is 5.41 Å². The highest BCUT2D eigenvalue weighted by molar-refractivity contribution is 7.99. The van der Waals surface area contributed by atoms with Crippen LogP contribution in [0.25, 0.3) is 6.08 Å². The number of carbonyl (C=O) groups excluding carboxylic acids is 1. The zero-order valence-electron chi connectivity index (χ0n) is 15.8. The number of aromatic nitrogens is 1. The zero-order valence-corrected chi connectivity index (χ0v) is 17.8. The van der Waals surface area contributed by atoms with Crippen LogP contribution in [0.2, 0.25) is 0 Å². The standard InChI is InChI=1S/C22H21N4OPS/c1-24-22(27)18-7-2-3-8-21(18)29-16-10-11-17(20(14-16)26-28)19(23)12-9-15-6-4-5-13-25-15/h2-14,23,26H,28H2,1H3,(H,24,27)/b12-9+,23-19?. The van der Waals surface area contributed by atoms with E-state index in [2.05, 4.69) is 24.8 Å². The number of hydrogen-bond donors (Lipinski definition) is 3. The summed E-state index contributed by atoms with van der Waals surface area (Å²) in [6.07, 6.45) is 5.27. The van der Waals surface area contributed by atoms with Gasteiger partial charge in [-0.25, -0.2) is 0 Å². The molecule has 1 unspecified atom stereocenters. The van der Waals surface area contributed by atoms with E-state index in [4.69, 9.17) is 5.41 Å². The van der Waals surface area contributed by atoms with Gasteiger partial charge < -0.3 is 15.8 Å². The molecule has 3 N–H and O–H groups in total. The van der Waals surface area contributed by atoms with E-state index in [1.165, 1.54) is 11.8 Å². The van der Waals surface area contributed by atoms with E-state index in [0.717, 1.165) is 26.7 Å². The molecule has 0 saturated carbocycles. The number of anilines is 1. The maximum atomic E-state index is 12.1. The van der Waals surface area contributed by atoms with Crippen LogP contribution in [0.3, 0.4) is 0 Å². The third kappa shape index (κ3) is 5.31. The molecule has 0 spiro atoms. The Labute approximate surface area is 176 Å². The summed E-state index contributed by atoms with van der Waals surface area (Å²) in [6.45, 7) is 0. The lowest BCUT2D eigenvalue weighted by atomic mass is 10.1. The number of hydrogen-bond acceptors (Lipinski definition) is 5. The molecule has 0 fully saturated rings. The lowest BCUT2D eigenvalue weighted by Gasteiger charge is -2.12. The van der Waals surface area contributed by atoms with Crippen LogP contribution in [0.15, 0.2) is 82.7 Å². The predicted octanol–water partition coefficient (Wildman–Crippen LogP) is 4.88. The van der Waals surface area contributed by atoms with Crippen LogP contribution in [0.4, 0.5) is 5.69 Å². The van der Waals surface area contributed by atoms with E-state index >= 15 is 0 Å². The summed E-state index contributed by atoms with van der Waals surface area (Å²) in [5.74, 6) is -0.115. The van der Waals surface area contributed by atoms with Crippen molar-refractivity contribution in [1.82, 2.24) is 10.3 Å². The van der Waals surface area contributed by atoms with Gasteiger partial charge in [-0.15, -0.1) is 0 Å². The molecule has 2 aromatic carbocycles. The molecule has 1 heterocycles. The lowest BCUT2D eigenvalue weighted by Crippen LogP contribution is -2.18. The number of benzene rings is 2. The third-order valence-electron chi connectivity index (χ3n) is 4.13. The topological polar surface area (TPSA) is 77.9 Å². The van der Waals surface area contributed by atoms with Gasteiger partial charge in [0, 0.05) is 34.3 Å². The Hall–Kier alpha value is -2.95.